The predicted octanol–water partition coefficient (Wildman–Crippen LogP) is 1.59. The summed E-state index contributed by atoms with van der Waals surface area (Å²) in [5, 5.41) is 9.03. The molecule has 13 heavy (non-hydrogen) atoms. The summed E-state index contributed by atoms with van der Waals surface area (Å²) in [6, 6.07) is 0. The number of thioether (sulfide) groups is 1. The molecular weight excluding hydrogens is 212 g/mol. The van der Waals surface area contributed by atoms with Gasteiger partial charge in [-0.15, -0.1) is 11.6 Å². The monoisotopic (exact) mass is 224 g/mol. The molecule has 1 fully saturated rings. The van der Waals surface area contributed by atoms with Crippen molar-refractivity contribution in [3.8, 4) is 0 Å². The van der Waals surface area contributed by atoms with Crippen LogP contribution in [0.3, 0.4) is 0 Å². The van der Waals surface area contributed by atoms with Crippen LogP contribution in [-0.4, -0.2) is 40.7 Å². The average molecular weight is 225 g/mol. The highest BCUT2D eigenvalue weighted by Gasteiger charge is 2.41. The molecule has 1 heterocycles. The van der Waals surface area contributed by atoms with Crippen molar-refractivity contribution in [3.05, 3.63) is 0 Å². The second kappa shape index (κ2) is 5.08. The number of alkyl halides is 1. The summed E-state index contributed by atoms with van der Waals surface area (Å²) in [5.74, 6) is 1.06. The molecular formula is C8H13ClO3S. The van der Waals surface area contributed by atoms with Crippen LogP contribution in [0.4, 0.5) is 0 Å². The maximum atomic E-state index is 11.0. The zero-order valence-corrected chi connectivity index (χ0v) is 8.86. The first-order valence-electron chi connectivity index (χ1n) is 4.22. The van der Waals surface area contributed by atoms with Gasteiger partial charge in [-0.25, -0.2) is 4.79 Å². The number of carboxylic acid groups (broad SMARTS) is 1. The Bertz CT molecular complexity index is 180. The van der Waals surface area contributed by atoms with Crippen LogP contribution in [0.2, 0.25) is 0 Å². The van der Waals surface area contributed by atoms with Gasteiger partial charge in [0.15, 0.2) is 5.60 Å². The van der Waals surface area contributed by atoms with Crippen LogP contribution >= 0.6 is 23.4 Å². The molecule has 76 valence electrons. The lowest BCUT2D eigenvalue weighted by Crippen LogP contribution is -2.46. The fraction of sp³-hybridized carbons (Fsp3) is 0.875. The smallest absolute Gasteiger partial charge is 0.336 e. The van der Waals surface area contributed by atoms with Crippen LogP contribution in [0.25, 0.3) is 0 Å². The highest BCUT2D eigenvalue weighted by atomic mass is 35.5. The molecule has 1 N–H and O–H groups in total. The van der Waals surface area contributed by atoms with Crippen molar-refractivity contribution in [1.82, 2.24) is 0 Å². The Morgan fingerprint density at radius 3 is 2.92 bits per heavy atom. The summed E-state index contributed by atoms with van der Waals surface area (Å²) in [5.41, 5.74) is -0.974. The molecule has 0 aromatic carbocycles. The van der Waals surface area contributed by atoms with Gasteiger partial charge < -0.3 is 9.84 Å². The average Bonchev–Trinajstić information content (AvgIpc) is 2.16. The molecule has 0 amide bonds. The molecule has 1 unspecified atom stereocenters. The first-order chi connectivity index (χ1) is 6.21. The van der Waals surface area contributed by atoms with E-state index in [1.54, 1.807) is 11.8 Å². The highest BCUT2D eigenvalue weighted by molar-refractivity contribution is 7.99. The number of ether oxygens (including phenoxy) is 1. The quantitative estimate of drug-likeness (QED) is 0.737. The Morgan fingerprint density at radius 1 is 1.69 bits per heavy atom. The molecule has 0 aromatic rings. The van der Waals surface area contributed by atoms with E-state index in [1.165, 1.54) is 0 Å². The Balaban J connectivity index is 2.56. The normalized spacial score (nSPS) is 28.7. The number of aliphatic carboxylic acids is 1. The molecule has 0 spiro atoms. The van der Waals surface area contributed by atoms with E-state index in [-0.39, 0.29) is 0 Å². The Morgan fingerprint density at radius 2 is 2.46 bits per heavy atom. The van der Waals surface area contributed by atoms with Crippen molar-refractivity contribution in [3.63, 3.8) is 0 Å². The lowest BCUT2D eigenvalue weighted by Gasteiger charge is -2.32. The van der Waals surface area contributed by atoms with Crippen LogP contribution < -0.4 is 0 Å². The first kappa shape index (κ1) is 11.1. The van der Waals surface area contributed by atoms with Gasteiger partial charge in [-0.05, 0) is 18.6 Å². The fourth-order valence-electron chi connectivity index (χ4n) is 1.35. The summed E-state index contributed by atoms with van der Waals surface area (Å²) in [4.78, 5) is 11.0. The van der Waals surface area contributed by atoms with Crippen molar-refractivity contribution < 1.29 is 14.6 Å². The van der Waals surface area contributed by atoms with Gasteiger partial charge in [-0.2, -0.15) is 11.8 Å². The van der Waals surface area contributed by atoms with Crippen molar-refractivity contribution >= 4 is 29.3 Å². The number of hydrogen-bond acceptors (Lipinski definition) is 3. The summed E-state index contributed by atoms with van der Waals surface area (Å²) < 4.78 is 5.33. The summed E-state index contributed by atoms with van der Waals surface area (Å²) in [6.45, 7) is 0.314. The van der Waals surface area contributed by atoms with Crippen molar-refractivity contribution in [1.29, 1.82) is 0 Å². The maximum absolute atomic E-state index is 11.0. The van der Waals surface area contributed by atoms with E-state index in [2.05, 4.69) is 0 Å². The van der Waals surface area contributed by atoms with Crippen LogP contribution in [0, 0.1) is 0 Å². The summed E-state index contributed by atoms with van der Waals surface area (Å²) >= 11 is 7.09. The molecule has 5 heteroatoms. The standard InChI is InChI=1S/C8H13ClO3S/c9-3-4-12-8(7(10)11)2-1-5-13-6-8/h1-6H2,(H,10,11). The van der Waals surface area contributed by atoms with Gasteiger partial charge in [0.05, 0.1) is 6.61 Å². The topological polar surface area (TPSA) is 46.5 Å². The molecule has 0 aromatic heterocycles. The van der Waals surface area contributed by atoms with Gasteiger partial charge >= 0.3 is 5.97 Å². The third-order valence-electron chi connectivity index (χ3n) is 2.05. The number of rotatable bonds is 4. The van der Waals surface area contributed by atoms with E-state index in [1.807, 2.05) is 0 Å². The minimum atomic E-state index is -0.974. The maximum Gasteiger partial charge on any atom is 0.336 e. The number of carbonyl (C=O) groups is 1. The second-order valence-electron chi connectivity index (χ2n) is 2.99. The Kier molecular flexibility index (Phi) is 4.35. The number of carboxylic acids is 1. The Hall–Kier alpha value is 0.0700. The zero-order valence-electron chi connectivity index (χ0n) is 7.29. The zero-order chi connectivity index (χ0) is 9.73. The third-order valence-corrected chi connectivity index (χ3v) is 3.45. The van der Waals surface area contributed by atoms with Crippen molar-refractivity contribution in [2.45, 2.75) is 18.4 Å². The highest BCUT2D eigenvalue weighted by Crippen LogP contribution is 2.30. The molecule has 3 nitrogen and oxygen atoms in total. The lowest BCUT2D eigenvalue weighted by atomic mass is 10.00. The van der Waals surface area contributed by atoms with Gasteiger partial charge in [-0.3, -0.25) is 0 Å². The largest absolute Gasteiger partial charge is 0.479 e. The molecule has 0 saturated carbocycles. The number of hydrogen-bond donors (Lipinski definition) is 1. The van der Waals surface area contributed by atoms with E-state index in [9.17, 15) is 4.79 Å². The first-order valence-corrected chi connectivity index (χ1v) is 5.91. The van der Waals surface area contributed by atoms with Gasteiger partial charge in [0.1, 0.15) is 0 Å². The second-order valence-corrected chi connectivity index (χ2v) is 4.48. The number of halogens is 1. The van der Waals surface area contributed by atoms with Crippen LogP contribution in [0.1, 0.15) is 12.8 Å². The SMILES string of the molecule is O=C(O)C1(OCCCl)CCCSC1. The predicted molar refractivity (Wildman–Crippen MR) is 53.6 cm³/mol. The fourth-order valence-corrected chi connectivity index (χ4v) is 2.60. The Labute approximate surface area is 86.8 Å². The minimum Gasteiger partial charge on any atom is -0.479 e. The molecule has 1 aliphatic heterocycles. The lowest BCUT2D eigenvalue weighted by molar-refractivity contribution is -0.163. The molecule has 1 atom stereocenters. The third kappa shape index (κ3) is 2.76. The molecule has 0 bridgehead atoms. The van der Waals surface area contributed by atoms with Gasteiger partial charge in [0, 0.05) is 11.6 Å². The molecule has 0 radical (unpaired) electrons. The molecule has 1 saturated heterocycles. The van der Waals surface area contributed by atoms with Crippen LogP contribution in [-0.2, 0) is 9.53 Å². The van der Waals surface area contributed by atoms with Gasteiger partial charge in [0.2, 0.25) is 0 Å². The van der Waals surface area contributed by atoms with E-state index >= 15 is 0 Å². The van der Waals surface area contributed by atoms with E-state index < -0.39 is 11.6 Å². The van der Waals surface area contributed by atoms with E-state index in [4.69, 9.17) is 21.4 Å². The summed E-state index contributed by atoms with van der Waals surface area (Å²) in [6.07, 6.45) is 1.51. The van der Waals surface area contributed by atoms with Gasteiger partial charge in [-0.1, -0.05) is 0 Å². The summed E-state index contributed by atoms with van der Waals surface area (Å²) in [7, 11) is 0. The molecule has 1 rings (SSSR count). The van der Waals surface area contributed by atoms with Crippen molar-refractivity contribution in [2.75, 3.05) is 24.0 Å². The minimum absolute atomic E-state index is 0.314. The van der Waals surface area contributed by atoms with Crippen molar-refractivity contribution in [2.24, 2.45) is 0 Å². The van der Waals surface area contributed by atoms with E-state index in [0.29, 0.717) is 24.7 Å². The van der Waals surface area contributed by atoms with Crippen LogP contribution in [0.15, 0.2) is 0 Å². The van der Waals surface area contributed by atoms with Gasteiger partial charge in [0.25, 0.3) is 0 Å². The van der Waals surface area contributed by atoms with E-state index in [0.717, 1.165) is 12.2 Å². The van der Waals surface area contributed by atoms with Crippen LogP contribution in [0.5, 0.6) is 0 Å². The molecule has 0 aliphatic carbocycles. The molecule has 1 aliphatic rings.